The molecule has 0 saturated carbocycles. The van der Waals surface area contributed by atoms with E-state index in [2.05, 4.69) is 5.32 Å². The lowest BCUT2D eigenvalue weighted by molar-refractivity contribution is -0.668. The molecule has 0 aliphatic carbocycles. The van der Waals surface area contributed by atoms with Crippen molar-refractivity contribution in [2.24, 2.45) is 0 Å². The van der Waals surface area contributed by atoms with Gasteiger partial charge in [0.2, 0.25) is 5.52 Å². The highest BCUT2D eigenvalue weighted by molar-refractivity contribution is 7.85. The van der Waals surface area contributed by atoms with E-state index >= 15 is 0 Å². The molecule has 0 fully saturated rings. The Morgan fingerprint density at radius 2 is 1.80 bits per heavy atom. The van der Waals surface area contributed by atoms with Crippen LogP contribution in [0.15, 0.2) is 48.2 Å². The molecule has 1 heterocycles. The zero-order valence-corrected chi connectivity index (χ0v) is 18.7. The molecule has 0 amide bonds. The van der Waals surface area contributed by atoms with Gasteiger partial charge in [-0.05, 0) is 43.3 Å². The Bertz CT molecular complexity index is 1150. The SMILES string of the molecule is COc1ccc(N/C(C)=C\c2sc3ccc(OC)cc3[n+]2CCCS(=O)(=O)O)cc1. The fourth-order valence-corrected chi connectivity index (χ4v) is 4.74. The summed E-state index contributed by atoms with van der Waals surface area (Å²) in [7, 11) is -0.758. The summed E-state index contributed by atoms with van der Waals surface area (Å²) in [6.45, 7) is 2.42. The third-order valence-electron chi connectivity index (χ3n) is 4.49. The minimum atomic E-state index is -4.00. The molecule has 2 aromatic carbocycles. The number of thiazole rings is 1. The Morgan fingerprint density at radius 1 is 1.13 bits per heavy atom. The molecule has 1 aromatic heterocycles. The first-order chi connectivity index (χ1) is 14.3. The molecule has 0 aliphatic heterocycles. The van der Waals surface area contributed by atoms with Gasteiger partial charge in [0.15, 0.2) is 6.54 Å². The first kappa shape index (κ1) is 22.1. The van der Waals surface area contributed by atoms with Gasteiger partial charge in [-0.2, -0.15) is 13.0 Å². The standard InChI is InChI=1S/C21H24N2O5S2/c1-15(22-16-5-7-17(27-2)8-6-16)13-21-23(11-4-12-30(24,25)26)19-14-18(28-3)9-10-20(19)29-21/h5-10,13-14H,4,11-12H2,1-3H3,(H,24,25,26)/p+1. The van der Waals surface area contributed by atoms with E-state index in [0.29, 0.717) is 13.0 Å². The Morgan fingerprint density at radius 3 is 2.43 bits per heavy atom. The van der Waals surface area contributed by atoms with E-state index < -0.39 is 10.1 Å². The number of nitrogens with one attached hydrogen (secondary N) is 1. The fourth-order valence-electron chi connectivity index (χ4n) is 3.07. The van der Waals surface area contributed by atoms with Crippen LogP contribution in [0, 0.1) is 0 Å². The first-order valence-electron chi connectivity index (χ1n) is 9.34. The van der Waals surface area contributed by atoms with E-state index in [4.69, 9.17) is 14.0 Å². The largest absolute Gasteiger partial charge is 0.497 e. The summed E-state index contributed by atoms with van der Waals surface area (Å²) >= 11 is 1.61. The van der Waals surface area contributed by atoms with Crippen LogP contribution in [-0.2, 0) is 16.7 Å². The number of rotatable bonds is 9. The van der Waals surface area contributed by atoms with E-state index in [-0.39, 0.29) is 5.75 Å². The van der Waals surface area contributed by atoms with Crippen LogP contribution in [0.1, 0.15) is 18.4 Å². The highest BCUT2D eigenvalue weighted by Gasteiger charge is 2.21. The predicted molar refractivity (Wildman–Crippen MR) is 120 cm³/mol. The smallest absolute Gasteiger partial charge is 0.265 e. The molecule has 2 N–H and O–H groups in total. The van der Waals surface area contributed by atoms with Crippen molar-refractivity contribution in [2.75, 3.05) is 25.3 Å². The molecule has 0 spiro atoms. The number of hydrogen-bond donors (Lipinski definition) is 2. The lowest BCUT2D eigenvalue weighted by Gasteiger charge is -2.07. The average molecular weight is 450 g/mol. The molecule has 0 aliphatic rings. The average Bonchev–Trinajstić information content (AvgIpc) is 3.03. The normalized spacial score (nSPS) is 12.2. The monoisotopic (exact) mass is 449 g/mol. The number of ether oxygens (including phenoxy) is 2. The van der Waals surface area contributed by atoms with Crippen LogP contribution in [0.5, 0.6) is 11.5 Å². The van der Waals surface area contributed by atoms with Gasteiger partial charge in [-0.1, -0.05) is 11.3 Å². The predicted octanol–water partition coefficient (Wildman–Crippen LogP) is 3.96. The van der Waals surface area contributed by atoms with Gasteiger partial charge in [0.1, 0.15) is 16.2 Å². The molecule has 3 aromatic rings. The number of hydrogen-bond acceptors (Lipinski definition) is 6. The van der Waals surface area contributed by atoms with Gasteiger partial charge in [-0.25, -0.2) is 0 Å². The molecule has 7 nitrogen and oxygen atoms in total. The summed E-state index contributed by atoms with van der Waals surface area (Å²) in [5, 5.41) is 4.32. The van der Waals surface area contributed by atoms with Crippen LogP contribution in [0.2, 0.25) is 0 Å². The Labute approximate surface area is 180 Å². The number of allylic oxidation sites excluding steroid dienone is 1. The molecular formula is C21H25N2O5S2+. The lowest BCUT2D eigenvalue weighted by Crippen LogP contribution is -2.36. The number of aryl methyl sites for hydroxylation is 1. The first-order valence-corrected chi connectivity index (χ1v) is 11.8. The molecule has 0 unspecified atom stereocenters. The van der Waals surface area contributed by atoms with Gasteiger partial charge < -0.3 is 14.8 Å². The summed E-state index contributed by atoms with van der Waals surface area (Å²) in [5.41, 5.74) is 2.82. The van der Waals surface area contributed by atoms with Gasteiger partial charge in [-0.3, -0.25) is 4.55 Å². The Kier molecular flexibility index (Phi) is 6.96. The van der Waals surface area contributed by atoms with Crippen LogP contribution in [0.25, 0.3) is 16.3 Å². The van der Waals surface area contributed by atoms with Crippen molar-refractivity contribution in [3.63, 3.8) is 0 Å². The van der Waals surface area contributed by atoms with Crippen molar-refractivity contribution in [3.8, 4) is 11.5 Å². The third kappa shape index (κ3) is 5.71. The fraction of sp³-hybridized carbons (Fsp3) is 0.286. The second kappa shape index (κ2) is 9.46. The number of anilines is 1. The van der Waals surface area contributed by atoms with Crippen molar-refractivity contribution >= 4 is 43.4 Å². The summed E-state index contributed by atoms with van der Waals surface area (Å²) in [6.07, 6.45) is 2.33. The van der Waals surface area contributed by atoms with Gasteiger partial charge in [0.05, 0.1) is 26.0 Å². The zero-order valence-electron chi connectivity index (χ0n) is 17.1. The minimum absolute atomic E-state index is 0.284. The topological polar surface area (TPSA) is 88.7 Å². The van der Waals surface area contributed by atoms with Crippen molar-refractivity contribution < 1.29 is 27.0 Å². The maximum absolute atomic E-state index is 11.1. The number of nitrogens with zero attached hydrogens (tertiary/aromatic N) is 1. The van der Waals surface area contributed by atoms with Crippen LogP contribution < -0.4 is 19.4 Å². The number of aromatic nitrogens is 1. The second-order valence-electron chi connectivity index (χ2n) is 6.75. The zero-order chi connectivity index (χ0) is 21.7. The van der Waals surface area contributed by atoms with Gasteiger partial charge in [0.25, 0.3) is 15.1 Å². The lowest BCUT2D eigenvalue weighted by atomic mass is 10.3. The van der Waals surface area contributed by atoms with Gasteiger partial charge in [0, 0.05) is 23.9 Å². The molecule has 0 saturated heterocycles. The molecule has 0 bridgehead atoms. The van der Waals surface area contributed by atoms with E-state index in [1.54, 1.807) is 25.6 Å². The highest BCUT2D eigenvalue weighted by atomic mass is 32.2. The quantitative estimate of drug-likeness (QED) is 0.380. The van der Waals surface area contributed by atoms with Gasteiger partial charge in [-0.15, -0.1) is 0 Å². The maximum Gasteiger partial charge on any atom is 0.265 e. The maximum atomic E-state index is 11.1. The summed E-state index contributed by atoms with van der Waals surface area (Å²) in [6, 6.07) is 13.5. The van der Waals surface area contributed by atoms with Crippen LogP contribution in [0.4, 0.5) is 5.69 Å². The molecule has 160 valence electrons. The molecule has 0 atom stereocenters. The Balaban J connectivity index is 1.91. The Hall–Kier alpha value is -2.62. The summed E-state index contributed by atoms with van der Waals surface area (Å²) in [4.78, 5) is 0. The highest BCUT2D eigenvalue weighted by Crippen LogP contribution is 2.26. The van der Waals surface area contributed by atoms with E-state index in [9.17, 15) is 8.42 Å². The van der Waals surface area contributed by atoms with Crippen LogP contribution >= 0.6 is 11.3 Å². The number of methoxy groups -OCH3 is 2. The number of fused-ring (bicyclic) bond motifs is 1. The van der Waals surface area contributed by atoms with Crippen molar-refractivity contribution in [1.82, 2.24) is 0 Å². The van der Waals surface area contributed by atoms with Crippen molar-refractivity contribution in [1.29, 1.82) is 0 Å². The third-order valence-corrected chi connectivity index (χ3v) is 6.41. The summed E-state index contributed by atoms with van der Waals surface area (Å²) < 4.78 is 45.0. The molecular weight excluding hydrogens is 424 g/mol. The van der Waals surface area contributed by atoms with Crippen molar-refractivity contribution in [2.45, 2.75) is 19.9 Å². The van der Waals surface area contributed by atoms with Crippen LogP contribution in [-0.4, -0.2) is 32.9 Å². The molecule has 0 radical (unpaired) electrons. The van der Waals surface area contributed by atoms with E-state index in [1.165, 1.54) is 0 Å². The van der Waals surface area contributed by atoms with E-state index in [1.807, 2.05) is 60.0 Å². The number of benzene rings is 2. The van der Waals surface area contributed by atoms with Gasteiger partial charge >= 0.3 is 0 Å². The van der Waals surface area contributed by atoms with E-state index in [0.717, 1.165) is 38.1 Å². The molecule has 30 heavy (non-hydrogen) atoms. The second-order valence-corrected chi connectivity index (χ2v) is 9.38. The van der Waals surface area contributed by atoms with Crippen LogP contribution in [0.3, 0.4) is 0 Å². The minimum Gasteiger partial charge on any atom is -0.497 e. The molecule has 3 rings (SSSR count). The van der Waals surface area contributed by atoms with Crippen molar-refractivity contribution in [3.05, 3.63) is 53.2 Å². The molecule has 9 heteroatoms. The summed E-state index contributed by atoms with van der Waals surface area (Å²) in [5.74, 6) is 1.23.